The highest BCUT2D eigenvalue weighted by atomic mass is 35.5. The second kappa shape index (κ2) is 9.95. The van der Waals surface area contributed by atoms with Gasteiger partial charge in [-0.2, -0.15) is 10.1 Å². The molecule has 35 heavy (non-hydrogen) atoms. The normalized spacial score (nSPS) is 12.1. The van der Waals surface area contributed by atoms with E-state index in [2.05, 4.69) is 35.8 Å². The van der Waals surface area contributed by atoms with Crippen LogP contribution in [0.3, 0.4) is 0 Å². The summed E-state index contributed by atoms with van der Waals surface area (Å²) in [6, 6.07) is 9.78. The first-order chi connectivity index (χ1) is 16.8. The first-order valence-corrected chi connectivity index (χ1v) is 10.9. The number of hydrogen-bond acceptors (Lipinski definition) is 8. The lowest BCUT2D eigenvalue weighted by atomic mass is 10.2. The highest BCUT2D eigenvalue weighted by Gasteiger charge is 2.14. The lowest BCUT2D eigenvalue weighted by Gasteiger charge is -2.11. The van der Waals surface area contributed by atoms with E-state index in [0.29, 0.717) is 44.4 Å². The summed E-state index contributed by atoms with van der Waals surface area (Å²) in [5, 5.41) is 13.2. The Balaban J connectivity index is 1.66. The number of hydrogen-bond donors (Lipinski definition) is 4. The van der Waals surface area contributed by atoms with Crippen molar-refractivity contribution in [1.29, 1.82) is 0 Å². The van der Waals surface area contributed by atoms with Gasteiger partial charge in [-0.05, 0) is 31.2 Å². The fourth-order valence-corrected chi connectivity index (χ4v) is 3.70. The number of halogens is 2. The number of nitrogens with two attached hydrogens (primary N) is 1. The van der Waals surface area contributed by atoms with Crippen molar-refractivity contribution in [1.82, 2.24) is 29.9 Å². The number of nitrogens with zero attached hydrogens (tertiary/aromatic N) is 5. The van der Waals surface area contributed by atoms with Crippen molar-refractivity contribution >= 4 is 52.3 Å². The Labute approximate surface area is 208 Å². The highest BCUT2D eigenvalue weighted by Crippen LogP contribution is 2.32. The lowest BCUT2D eigenvalue weighted by molar-refractivity contribution is -0.117. The Kier molecular flexibility index (Phi) is 6.80. The number of fused-ring (bicyclic) bond motifs is 1. The molecule has 13 heteroatoms. The molecule has 0 atom stereocenters. The summed E-state index contributed by atoms with van der Waals surface area (Å²) < 4.78 is 1.69. The number of para-hydroxylation sites is 1. The molecule has 1 aromatic carbocycles. The number of amides is 1. The maximum atomic E-state index is 12.2. The molecule has 0 aliphatic rings. The third-order valence-electron chi connectivity index (χ3n) is 4.88. The van der Waals surface area contributed by atoms with Crippen LogP contribution < -0.4 is 21.9 Å². The smallest absolute Gasteiger partial charge is 0.275 e. The molecule has 3 heterocycles. The molecule has 0 aliphatic heterocycles. The number of aromatic nitrogens is 5. The van der Waals surface area contributed by atoms with E-state index in [-0.39, 0.29) is 17.0 Å². The molecule has 3 aromatic heterocycles. The molecular formula is C22H19Cl2N9O2. The van der Waals surface area contributed by atoms with Gasteiger partial charge in [-0.25, -0.2) is 0 Å². The van der Waals surface area contributed by atoms with E-state index in [1.165, 1.54) is 25.5 Å². The first-order valence-electron chi connectivity index (χ1n) is 10.2. The Bertz CT molecular complexity index is 1520. The van der Waals surface area contributed by atoms with Gasteiger partial charge >= 0.3 is 0 Å². The molecule has 4 rings (SSSR count). The number of pyridine rings is 1. The zero-order chi connectivity index (χ0) is 25.1. The average Bonchev–Trinajstić information content (AvgIpc) is 3.26. The summed E-state index contributed by atoms with van der Waals surface area (Å²) in [4.78, 5) is 36.5. The van der Waals surface area contributed by atoms with Crippen molar-refractivity contribution in [2.75, 3.05) is 12.4 Å². The highest BCUT2D eigenvalue weighted by molar-refractivity contribution is 6.38. The van der Waals surface area contributed by atoms with Gasteiger partial charge in [-0.1, -0.05) is 29.3 Å². The molecule has 0 bridgehead atoms. The van der Waals surface area contributed by atoms with Crippen molar-refractivity contribution in [2.24, 2.45) is 10.7 Å². The minimum Gasteiger partial charge on any atom is -0.393 e. The molecule has 178 valence electrons. The number of likely N-dealkylation sites (N-methyl/N-ethyl adjacent to an activating group) is 1. The van der Waals surface area contributed by atoms with E-state index in [0.717, 1.165) is 0 Å². The first kappa shape index (κ1) is 23.9. The molecule has 0 radical (unpaired) electrons. The molecule has 5 N–H and O–H groups in total. The summed E-state index contributed by atoms with van der Waals surface area (Å²) in [5.74, 6) is 0.444. The largest absolute Gasteiger partial charge is 0.393 e. The summed E-state index contributed by atoms with van der Waals surface area (Å²) in [7, 11) is 1.46. The fourth-order valence-electron chi connectivity index (χ4n) is 3.20. The van der Waals surface area contributed by atoms with Crippen LogP contribution in [0.25, 0.3) is 17.2 Å². The zero-order valence-corrected chi connectivity index (χ0v) is 20.0. The lowest BCUT2D eigenvalue weighted by Crippen LogP contribution is -2.28. The summed E-state index contributed by atoms with van der Waals surface area (Å²) >= 11 is 12.4. The van der Waals surface area contributed by atoms with Gasteiger partial charge in [0.1, 0.15) is 28.5 Å². The predicted molar refractivity (Wildman–Crippen MR) is 135 cm³/mol. The van der Waals surface area contributed by atoms with Crippen LogP contribution in [-0.2, 0) is 4.79 Å². The summed E-state index contributed by atoms with van der Waals surface area (Å²) in [6.07, 6.45) is 2.90. The maximum absolute atomic E-state index is 12.2. The van der Waals surface area contributed by atoms with Gasteiger partial charge in [0.25, 0.3) is 11.5 Å². The topological polar surface area (TPSA) is 155 Å². The van der Waals surface area contributed by atoms with Crippen LogP contribution in [0, 0.1) is 6.92 Å². The number of rotatable bonds is 6. The predicted octanol–water partition coefficient (Wildman–Crippen LogP) is 2.83. The molecule has 0 fully saturated rings. The third kappa shape index (κ3) is 5.00. The standard InChI is InChI=1S/C22H19Cl2N9O2/c1-11-29-18(34)8-17-31-32-21(33(11)17)15-7-6-12(9-27-15)30-16(19(25)22(35)26-2)10-28-20-13(23)4-3-5-14(20)24/h3-10,30-31H,25H2,1-2H3,(H,26,35)/b19-16+,28-10?. The van der Waals surface area contributed by atoms with Crippen LogP contribution in [0.1, 0.15) is 5.82 Å². The van der Waals surface area contributed by atoms with Crippen LogP contribution in [0.4, 0.5) is 11.4 Å². The van der Waals surface area contributed by atoms with Crippen molar-refractivity contribution in [3.05, 3.63) is 80.2 Å². The molecular weight excluding hydrogens is 493 g/mol. The Morgan fingerprint density at radius 2 is 1.97 bits per heavy atom. The number of carbonyl (C=O) groups excluding carboxylic acids is 1. The van der Waals surface area contributed by atoms with Crippen molar-refractivity contribution in [2.45, 2.75) is 6.92 Å². The van der Waals surface area contributed by atoms with Crippen LogP contribution >= 0.6 is 23.2 Å². The Hall–Kier alpha value is -4.22. The van der Waals surface area contributed by atoms with Gasteiger partial charge < -0.3 is 16.4 Å². The zero-order valence-electron chi connectivity index (χ0n) is 18.5. The van der Waals surface area contributed by atoms with E-state index in [1.807, 2.05) is 0 Å². The summed E-state index contributed by atoms with van der Waals surface area (Å²) in [6.45, 7) is 1.70. The van der Waals surface area contributed by atoms with Crippen LogP contribution in [0.5, 0.6) is 0 Å². The van der Waals surface area contributed by atoms with Crippen molar-refractivity contribution in [3.63, 3.8) is 0 Å². The van der Waals surface area contributed by atoms with Gasteiger partial charge in [0.05, 0.1) is 33.8 Å². The van der Waals surface area contributed by atoms with Crippen molar-refractivity contribution in [3.8, 4) is 11.5 Å². The van der Waals surface area contributed by atoms with E-state index in [9.17, 15) is 9.59 Å². The molecule has 4 aromatic rings. The second-order valence-electron chi connectivity index (χ2n) is 7.20. The Morgan fingerprint density at radius 1 is 1.23 bits per heavy atom. The van der Waals surface area contributed by atoms with Crippen molar-refractivity contribution < 1.29 is 4.79 Å². The van der Waals surface area contributed by atoms with E-state index in [1.54, 1.807) is 41.7 Å². The minimum atomic E-state index is -0.506. The van der Waals surface area contributed by atoms with E-state index in [4.69, 9.17) is 28.9 Å². The monoisotopic (exact) mass is 511 g/mol. The molecule has 0 aliphatic carbocycles. The number of nitrogens with one attached hydrogen (secondary N) is 3. The number of aryl methyl sites for hydroxylation is 1. The minimum absolute atomic E-state index is 0.104. The fraction of sp³-hybridized carbons (Fsp3) is 0.0909. The maximum Gasteiger partial charge on any atom is 0.275 e. The van der Waals surface area contributed by atoms with Gasteiger partial charge in [0.2, 0.25) is 0 Å². The number of aromatic amines is 1. The van der Waals surface area contributed by atoms with E-state index < -0.39 is 5.91 Å². The average molecular weight is 512 g/mol. The van der Waals surface area contributed by atoms with Crippen LogP contribution in [-0.4, -0.2) is 43.7 Å². The number of H-pyrrole nitrogens is 1. The number of aliphatic imine (C=N–C) groups is 1. The van der Waals surface area contributed by atoms with Crippen LogP contribution in [0.2, 0.25) is 10.0 Å². The SMILES string of the molecule is CNC(=O)/C(N)=C(/C=Nc1c(Cl)cccc1Cl)Nc1ccc(-c2n[nH]c3cc(=O)nc(C)n23)nc1. The quantitative estimate of drug-likeness (QED) is 0.229. The molecule has 11 nitrogen and oxygen atoms in total. The molecule has 1 amide bonds. The number of carbonyl (C=O) groups is 1. The van der Waals surface area contributed by atoms with Gasteiger partial charge in [-0.15, -0.1) is 0 Å². The van der Waals surface area contributed by atoms with Gasteiger partial charge in [0, 0.05) is 13.1 Å². The molecule has 0 saturated carbocycles. The van der Waals surface area contributed by atoms with Gasteiger partial charge in [-0.3, -0.25) is 29.1 Å². The second-order valence-corrected chi connectivity index (χ2v) is 8.02. The Morgan fingerprint density at radius 3 is 2.63 bits per heavy atom. The number of benzene rings is 1. The van der Waals surface area contributed by atoms with Crippen LogP contribution in [0.15, 0.2) is 63.8 Å². The van der Waals surface area contributed by atoms with Gasteiger partial charge in [0.15, 0.2) is 5.82 Å². The number of allylic oxidation sites excluding steroid dienone is 1. The molecule has 0 saturated heterocycles. The molecule has 0 unspecified atom stereocenters. The third-order valence-corrected chi connectivity index (χ3v) is 5.49. The molecule has 0 spiro atoms. The number of anilines is 1. The summed E-state index contributed by atoms with van der Waals surface area (Å²) in [5.41, 5.74) is 7.66. The van der Waals surface area contributed by atoms with E-state index >= 15 is 0 Å².